The van der Waals surface area contributed by atoms with Gasteiger partial charge in [-0.1, -0.05) is 42.5 Å². The number of amides is 2. The van der Waals surface area contributed by atoms with Crippen LogP contribution in [0.15, 0.2) is 78.9 Å². The van der Waals surface area contributed by atoms with E-state index in [4.69, 9.17) is 0 Å². The van der Waals surface area contributed by atoms with E-state index < -0.39 is 11.7 Å². The maximum atomic E-state index is 13.1. The van der Waals surface area contributed by atoms with Crippen LogP contribution in [0, 0.1) is 0 Å². The Labute approximate surface area is 227 Å². The molecule has 0 spiro atoms. The van der Waals surface area contributed by atoms with Crippen LogP contribution in [-0.4, -0.2) is 59.9 Å². The fourth-order valence-electron chi connectivity index (χ4n) is 5.27. The molecular formula is C30H26F3N3O2S. The van der Waals surface area contributed by atoms with Crippen LogP contribution in [-0.2, 0) is 6.18 Å². The number of fused-ring (bicyclic) bond motifs is 1. The van der Waals surface area contributed by atoms with Gasteiger partial charge in [0.25, 0.3) is 11.8 Å². The molecule has 6 rings (SSSR count). The molecule has 3 heterocycles. The van der Waals surface area contributed by atoms with Gasteiger partial charge < -0.3 is 15.1 Å². The van der Waals surface area contributed by atoms with Gasteiger partial charge in [0, 0.05) is 48.5 Å². The van der Waals surface area contributed by atoms with Crippen molar-refractivity contribution in [3.63, 3.8) is 0 Å². The van der Waals surface area contributed by atoms with E-state index in [0.29, 0.717) is 47.7 Å². The van der Waals surface area contributed by atoms with Crippen molar-refractivity contribution in [3.05, 3.63) is 94.9 Å². The van der Waals surface area contributed by atoms with Gasteiger partial charge >= 0.3 is 6.18 Å². The molecule has 2 fully saturated rings. The lowest BCUT2D eigenvalue weighted by Gasteiger charge is -2.40. The van der Waals surface area contributed by atoms with Gasteiger partial charge in [-0.25, -0.2) is 0 Å². The number of nitrogens with one attached hydrogen (secondary N) is 1. The Hall–Kier alpha value is -3.69. The Morgan fingerprint density at radius 1 is 0.795 bits per heavy atom. The lowest BCUT2D eigenvalue weighted by molar-refractivity contribution is -0.137. The molecule has 2 amide bonds. The lowest BCUT2D eigenvalue weighted by atomic mass is 10.0. The summed E-state index contributed by atoms with van der Waals surface area (Å²) in [7, 11) is 0. The van der Waals surface area contributed by atoms with Crippen LogP contribution in [0.25, 0.3) is 21.2 Å². The van der Waals surface area contributed by atoms with Crippen molar-refractivity contribution >= 4 is 33.2 Å². The molecule has 0 aliphatic carbocycles. The fourth-order valence-corrected chi connectivity index (χ4v) is 6.34. The summed E-state index contributed by atoms with van der Waals surface area (Å²) in [5.41, 5.74) is 1.18. The molecule has 2 aliphatic rings. The van der Waals surface area contributed by atoms with E-state index in [1.165, 1.54) is 17.4 Å². The summed E-state index contributed by atoms with van der Waals surface area (Å²) >= 11 is 1.36. The minimum atomic E-state index is -4.40. The van der Waals surface area contributed by atoms with Crippen LogP contribution in [0.4, 0.5) is 13.2 Å². The van der Waals surface area contributed by atoms with E-state index in [-0.39, 0.29) is 23.9 Å². The summed E-state index contributed by atoms with van der Waals surface area (Å²) in [4.78, 5) is 30.1. The first-order valence-corrected chi connectivity index (χ1v) is 13.7. The highest BCUT2D eigenvalue weighted by Crippen LogP contribution is 2.35. The molecule has 5 nitrogen and oxygen atoms in total. The second-order valence-corrected chi connectivity index (χ2v) is 11.2. The summed E-state index contributed by atoms with van der Waals surface area (Å²) in [6.45, 7) is 2.57. The number of likely N-dealkylation sites (tertiary alicyclic amines) is 2. The lowest BCUT2D eigenvalue weighted by Crippen LogP contribution is -2.61. The number of carbonyl (C=O) groups excluding carboxylic acids is 2. The molecular weight excluding hydrogens is 523 g/mol. The molecule has 0 bridgehead atoms. The number of hydrogen-bond acceptors (Lipinski definition) is 4. The van der Waals surface area contributed by atoms with Crippen LogP contribution in [0.5, 0.6) is 0 Å². The Bertz CT molecular complexity index is 1530. The van der Waals surface area contributed by atoms with Gasteiger partial charge in [0.15, 0.2) is 0 Å². The molecule has 2 saturated heterocycles. The molecule has 0 radical (unpaired) electrons. The highest BCUT2D eigenvalue weighted by Gasteiger charge is 2.36. The molecule has 1 atom stereocenters. The topological polar surface area (TPSA) is 52.7 Å². The monoisotopic (exact) mass is 549 g/mol. The average molecular weight is 550 g/mol. The summed E-state index contributed by atoms with van der Waals surface area (Å²) in [6, 6.07) is 22.3. The number of alkyl halides is 3. The first-order chi connectivity index (χ1) is 18.7. The third kappa shape index (κ3) is 5.29. The highest BCUT2D eigenvalue weighted by molar-refractivity contribution is 7.20. The van der Waals surface area contributed by atoms with E-state index in [2.05, 4.69) is 5.32 Å². The van der Waals surface area contributed by atoms with Crippen molar-refractivity contribution in [1.29, 1.82) is 0 Å². The SMILES string of the molecule is O=C(c1ccccc1)N1CC[C@H](NC2CN(C(=O)c3cc4ccc(-c5cccc(C(F)(F)F)c5)cc4s3)C2)C1. The second kappa shape index (κ2) is 10.1. The zero-order valence-electron chi connectivity index (χ0n) is 20.9. The van der Waals surface area contributed by atoms with Crippen molar-refractivity contribution in [1.82, 2.24) is 15.1 Å². The average Bonchev–Trinajstić information content (AvgIpc) is 3.56. The van der Waals surface area contributed by atoms with Crippen molar-refractivity contribution in [2.24, 2.45) is 0 Å². The largest absolute Gasteiger partial charge is 0.416 e. The molecule has 1 aromatic heterocycles. The summed E-state index contributed by atoms with van der Waals surface area (Å²) in [5.74, 6) is 0.00784. The van der Waals surface area contributed by atoms with Crippen LogP contribution in [0.2, 0.25) is 0 Å². The van der Waals surface area contributed by atoms with E-state index in [1.54, 1.807) is 17.0 Å². The number of rotatable bonds is 5. The number of thiophene rings is 1. The standard InChI is InChI=1S/C30H26F3N3O2S/c31-30(32,33)23-8-4-7-20(13-23)21-9-10-22-15-27(39-26(22)14-21)29(38)36-17-25(18-36)34-24-11-12-35(16-24)28(37)19-5-2-1-3-6-19/h1-10,13-15,24-25,34H,11-12,16-18H2/t24-/m0/s1. The Morgan fingerprint density at radius 3 is 2.31 bits per heavy atom. The first kappa shape index (κ1) is 25.6. The smallest absolute Gasteiger partial charge is 0.337 e. The van der Waals surface area contributed by atoms with Crippen LogP contribution < -0.4 is 5.32 Å². The Kier molecular flexibility index (Phi) is 6.64. The van der Waals surface area contributed by atoms with Gasteiger partial charge in [0.05, 0.1) is 10.4 Å². The molecule has 3 aromatic carbocycles. The molecule has 0 saturated carbocycles. The number of nitrogens with zero attached hydrogens (tertiary/aromatic N) is 2. The van der Waals surface area contributed by atoms with Crippen molar-refractivity contribution in [3.8, 4) is 11.1 Å². The minimum Gasteiger partial charge on any atom is -0.337 e. The predicted octanol–water partition coefficient (Wildman–Crippen LogP) is 5.92. The fraction of sp³-hybridized carbons (Fsp3) is 0.267. The third-order valence-corrected chi connectivity index (χ3v) is 8.48. The second-order valence-electron chi connectivity index (χ2n) is 10.1. The molecule has 0 unspecified atom stereocenters. The molecule has 9 heteroatoms. The van der Waals surface area contributed by atoms with Gasteiger partial charge in [-0.3, -0.25) is 9.59 Å². The maximum absolute atomic E-state index is 13.1. The zero-order chi connectivity index (χ0) is 27.1. The summed E-state index contributed by atoms with van der Waals surface area (Å²) < 4.78 is 40.3. The minimum absolute atomic E-state index is 0.0397. The van der Waals surface area contributed by atoms with Gasteiger partial charge in [0.2, 0.25) is 0 Å². The zero-order valence-corrected chi connectivity index (χ0v) is 21.8. The number of benzene rings is 3. The highest BCUT2D eigenvalue weighted by atomic mass is 32.1. The number of halogens is 3. The van der Waals surface area contributed by atoms with Crippen LogP contribution in [0.1, 0.15) is 32.0 Å². The van der Waals surface area contributed by atoms with E-state index in [1.807, 2.05) is 53.4 Å². The molecule has 39 heavy (non-hydrogen) atoms. The normalized spacial score (nSPS) is 18.0. The Balaban J connectivity index is 1.06. The van der Waals surface area contributed by atoms with Crippen molar-refractivity contribution in [2.75, 3.05) is 26.2 Å². The predicted molar refractivity (Wildman–Crippen MR) is 146 cm³/mol. The number of hydrogen-bond donors (Lipinski definition) is 1. The quantitative estimate of drug-likeness (QED) is 0.337. The van der Waals surface area contributed by atoms with E-state index in [0.717, 1.165) is 28.6 Å². The van der Waals surface area contributed by atoms with Crippen LogP contribution in [0.3, 0.4) is 0 Å². The van der Waals surface area contributed by atoms with Crippen LogP contribution >= 0.6 is 11.3 Å². The van der Waals surface area contributed by atoms with Gasteiger partial charge in [-0.2, -0.15) is 13.2 Å². The molecule has 2 aliphatic heterocycles. The van der Waals surface area contributed by atoms with Crippen molar-refractivity contribution in [2.45, 2.75) is 24.7 Å². The van der Waals surface area contributed by atoms with E-state index in [9.17, 15) is 22.8 Å². The summed E-state index contributed by atoms with van der Waals surface area (Å²) in [5, 5.41) is 4.48. The van der Waals surface area contributed by atoms with Gasteiger partial charge in [-0.15, -0.1) is 11.3 Å². The third-order valence-electron chi connectivity index (χ3n) is 7.39. The molecule has 200 valence electrons. The summed E-state index contributed by atoms with van der Waals surface area (Å²) in [6.07, 6.45) is -3.52. The van der Waals surface area contributed by atoms with Crippen molar-refractivity contribution < 1.29 is 22.8 Å². The maximum Gasteiger partial charge on any atom is 0.416 e. The van der Waals surface area contributed by atoms with Gasteiger partial charge in [-0.05, 0) is 59.3 Å². The Morgan fingerprint density at radius 2 is 1.54 bits per heavy atom. The molecule has 1 N–H and O–H groups in total. The van der Waals surface area contributed by atoms with Gasteiger partial charge in [0.1, 0.15) is 0 Å². The number of carbonyl (C=O) groups is 2. The molecule has 4 aromatic rings. The first-order valence-electron chi connectivity index (χ1n) is 12.9. The van der Waals surface area contributed by atoms with E-state index >= 15 is 0 Å².